The van der Waals surface area contributed by atoms with Gasteiger partial charge in [0, 0.05) is 35.8 Å². The maximum absolute atomic E-state index is 12.9. The second-order valence-corrected chi connectivity index (χ2v) is 8.08. The Kier molecular flexibility index (Phi) is 7.75. The van der Waals surface area contributed by atoms with E-state index < -0.39 is 41.8 Å². The van der Waals surface area contributed by atoms with E-state index in [2.05, 4.69) is 28.2 Å². The molecule has 2 aromatic rings. The van der Waals surface area contributed by atoms with Crippen LogP contribution >= 0.6 is 12.6 Å². The van der Waals surface area contributed by atoms with E-state index in [0.29, 0.717) is 19.4 Å². The van der Waals surface area contributed by atoms with Crippen LogP contribution in [0.1, 0.15) is 18.4 Å². The molecule has 2 heterocycles. The molecule has 1 fully saturated rings. The highest BCUT2D eigenvalue weighted by atomic mass is 32.1. The molecule has 1 aliphatic heterocycles. The van der Waals surface area contributed by atoms with Crippen LogP contribution in [-0.4, -0.2) is 75.6 Å². The molecule has 3 atom stereocenters. The summed E-state index contributed by atoms with van der Waals surface area (Å²) in [7, 11) is 0. The Morgan fingerprint density at radius 3 is 2.75 bits per heavy atom. The summed E-state index contributed by atoms with van der Waals surface area (Å²) in [5.41, 5.74) is 7.22. The number of likely N-dealkylation sites (tertiary alicyclic amines) is 1. The molecule has 3 rings (SSSR count). The van der Waals surface area contributed by atoms with Gasteiger partial charge in [-0.25, -0.2) is 4.79 Å². The third-order valence-corrected chi connectivity index (χ3v) is 5.93. The number of aromatic nitrogens is 1. The van der Waals surface area contributed by atoms with Crippen molar-refractivity contribution in [2.75, 3.05) is 18.8 Å². The van der Waals surface area contributed by atoms with Gasteiger partial charge in [0.1, 0.15) is 12.1 Å². The van der Waals surface area contributed by atoms with Crippen LogP contribution in [0.4, 0.5) is 0 Å². The number of hydrogen-bond acceptors (Lipinski definition) is 6. The van der Waals surface area contributed by atoms with Gasteiger partial charge in [-0.15, -0.1) is 0 Å². The van der Waals surface area contributed by atoms with Crippen LogP contribution in [0.2, 0.25) is 0 Å². The number of para-hydroxylation sites is 1. The van der Waals surface area contributed by atoms with Gasteiger partial charge in [-0.2, -0.15) is 12.6 Å². The average Bonchev–Trinajstić information content (AvgIpc) is 3.43. The summed E-state index contributed by atoms with van der Waals surface area (Å²) in [5, 5.41) is 15.6. The van der Waals surface area contributed by atoms with Gasteiger partial charge in [0.15, 0.2) is 0 Å². The summed E-state index contributed by atoms with van der Waals surface area (Å²) in [4.78, 5) is 53.5. The van der Waals surface area contributed by atoms with Crippen molar-refractivity contribution in [2.45, 2.75) is 37.4 Å². The van der Waals surface area contributed by atoms with Gasteiger partial charge in [0.2, 0.25) is 17.7 Å². The molecular formula is C21H27N5O5S. The highest BCUT2D eigenvalue weighted by Gasteiger charge is 2.36. The molecule has 0 bridgehead atoms. The van der Waals surface area contributed by atoms with E-state index in [0.717, 1.165) is 16.5 Å². The lowest BCUT2D eigenvalue weighted by molar-refractivity contribution is -0.144. The van der Waals surface area contributed by atoms with Crippen LogP contribution < -0.4 is 16.4 Å². The number of amides is 3. The predicted octanol–water partition coefficient (Wildman–Crippen LogP) is -0.356. The number of nitrogens with one attached hydrogen (secondary N) is 3. The Labute approximate surface area is 190 Å². The lowest BCUT2D eigenvalue weighted by atomic mass is 10.0. The van der Waals surface area contributed by atoms with E-state index in [9.17, 15) is 24.3 Å². The number of fused-ring (bicyclic) bond motifs is 1. The second-order valence-electron chi connectivity index (χ2n) is 7.72. The average molecular weight is 462 g/mol. The molecule has 1 aliphatic rings. The maximum atomic E-state index is 12.9. The number of carboxylic acid groups (broad SMARTS) is 1. The van der Waals surface area contributed by atoms with Crippen molar-refractivity contribution in [3.63, 3.8) is 0 Å². The zero-order valence-electron chi connectivity index (χ0n) is 17.4. The van der Waals surface area contributed by atoms with E-state index >= 15 is 0 Å². The summed E-state index contributed by atoms with van der Waals surface area (Å²) < 4.78 is 0. The van der Waals surface area contributed by atoms with Crippen LogP contribution in [0, 0.1) is 0 Å². The fraction of sp³-hybridized carbons (Fsp3) is 0.429. The zero-order valence-corrected chi connectivity index (χ0v) is 18.3. The smallest absolute Gasteiger partial charge is 0.326 e. The molecule has 0 spiro atoms. The second kappa shape index (κ2) is 10.5. The third kappa shape index (κ3) is 5.40. The van der Waals surface area contributed by atoms with Crippen LogP contribution in [-0.2, 0) is 25.6 Å². The number of carbonyl (C=O) groups is 4. The monoisotopic (exact) mass is 461 g/mol. The molecule has 172 valence electrons. The van der Waals surface area contributed by atoms with Gasteiger partial charge in [-0.3, -0.25) is 14.4 Å². The Morgan fingerprint density at radius 2 is 2.03 bits per heavy atom. The molecule has 3 unspecified atom stereocenters. The first kappa shape index (κ1) is 23.6. The first-order valence-electron chi connectivity index (χ1n) is 10.3. The minimum atomic E-state index is -1.16. The van der Waals surface area contributed by atoms with Gasteiger partial charge in [-0.05, 0) is 24.5 Å². The Hall–Kier alpha value is -3.05. The highest BCUT2D eigenvalue weighted by molar-refractivity contribution is 7.80. The van der Waals surface area contributed by atoms with Crippen molar-refractivity contribution in [2.24, 2.45) is 5.73 Å². The van der Waals surface area contributed by atoms with Gasteiger partial charge in [0.25, 0.3) is 0 Å². The van der Waals surface area contributed by atoms with E-state index in [-0.39, 0.29) is 18.7 Å². The van der Waals surface area contributed by atoms with Crippen molar-refractivity contribution in [1.29, 1.82) is 0 Å². The molecule has 1 aromatic carbocycles. The molecule has 0 saturated carbocycles. The molecule has 1 aromatic heterocycles. The van der Waals surface area contributed by atoms with Crippen LogP contribution in [0.25, 0.3) is 10.9 Å². The summed E-state index contributed by atoms with van der Waals surface area (Å²) in [6.07, 6.45) is 2.86. The summed E-state index contributed by atoms with van der Waals surface area (Å²) >= 11 is 3.94. The molecule has 11 heteroatoms. The zero-order chi connectivity index (χ0) is 23.3. The lowest BCUT2D eigenvalue weighted by Crippen LogP contribution is -2.53. The van der Waals surface area contributed by atoms with E-state index in [1.807, 2.05) is 24.3 Å². The first-order valence-corrected chi connectivity index (χ1v) is 11.0. The van der Waals surface area contributed by atoms with E-state index in [1.165, 1.54) is 4.90 Å². The van der Waals surface area contributed by atoms with Crippen molar-refractivity contribution in [1.82, 2.24) is 20.5 Å². The van der Waals surface area contributed by atoms with Crippen molar-refractivity contribution in [3.05, 3.63) is 36.0 Å². The fourth-order valence-corrected chi connectivity index (χ4v) is 3.97. The lowest BCUT2D eigenvalue weighted by Gasteiger charge is -2.26. The normalized spacial score (nSPS) is 17.7. The van der Waals surface area contributed by atoms with Gasteiger partial charge in [0.05, 0.1) is 12.6 Å². The quantitative estimate of drug-likeness (QED) is 0.280. The van der Waals surface area contributed by atoms with Gasteiger partial charge >= 0.3 is 5.97 Å². The predicted molar refractivity (Wildman–Crippen MR) is 121 cm³/mol. The molecule has 10 nitrogen and oxygen atoms in total. The molecule has 0 aliphatic carbocycles. The number of rotatable bonds is 9. The maximum Gasteiger partial charge on any atom is 0.326 e. The minimum absolute atomic E-state index is 0.101. The third-order valence-electron chi connectivity index (χ3n) is 5.54. The van der Waals surface area contributed by atoms with Crippen molar-refractivity contribution in [3.8, 4) is 0 Å². The Balaban J connectivity index is 1.63. The van der Waals surface area contributed by atoms with Gasteiger partial charge in [-0.1, -0.05) is 18.2 Å². The molecule has 3 amide bonds. The van der Waals surface area contributed by atoms with Crippen LogP contribution in [0.15, 0.2) is 30.5 Å². The van der Waals surface area contributed by atoms with E-state index in [4.69, 9.17) is 5.73 Å². The number of H-pyrrole nitrogens is 1. The molecule has 0 radical (unpaired) electrons. The molecule has 32 heavy (non-hydrogen) atoms. The molecule has 6 N–H and O–H groups in total. The number of carbonyl (C=O) groups excluding carboxylic acids is 3. The number of thiol groups is 1. The fourth-order valence-electron chi connectivity index (χ4n) is 3.80. The molecular weight excluding hydrogens is 434 g/mol. The topological polar surface area (TPSA) is 158 Å². The summed E-state index contributed by atoms with van der Waals surface area (Å²) in [6, 6.07) is 4.74. The number of nitrogens with zero attached hydrogens (tertiary/aromatic N) is 1. The number of carboxylic acids is 1. The minimum Gasteiger partial charge on any atom is -0.480 e. The van der Waals surface area contributed by atoms with E-state index in [1.54, 1.807) is 6.20 Å². The van der Waals surface area contributed by atoms with Crippen molar-refractivity contribution >= 4 is 47.2 Å². The number of aliphatic carboxylic acids is 1. The number of benzene rings is 1. The van der Waals surface area contributed by atoms with Crippen LogP contribution in [0.5, 0.6) is 0 Å². The summed E-state index contributed by atoms with van der Waals surface area (Å²) in [5.74, 6) is -2.47. The SMILES string of the molecule is NC(CS)C(=O)NCC(=O)N1CCCC1C(=O)NC(Cc1c[nH]c2ccccc12)C(=O)O. The van der Waals surface area contributed by atoms with Crippen molar-refractivity contribution < 1.29 is 24.3 Å². The first-order chi connectivity index (χ1) is 15.3. The number of aromatic amines is 1. The number of hydrogen-bond donors (Lipinski definition) is 6. The Bertz CT molecular complexity index is 1010. The molecule has 1 saturated heterocycles. The largest absolute Gasteiger partial charge is 0.480 e. The highest BCUT2D eigenvalue weighted by Crippen LogP contribution is 2.21. The van der Waals surface area contributed by atoms with Crippen LogP contribution in [0.3, 0.4) is 0 Å². The number of nitrogens with two attached hydrogens (primary N) is 1. The summed E-state index contributed by atoms with van der Waals surface area (Å²) in [6.45, 7) is 0.0629. The standard InChI is InChI=1S/C21H27N5O5S/c22-14(11-32)19(28)24-10-18(27)26-7-3-6-17(26)20(29)25-16(21(30)31)8-12-9-23-15-5-2-1-4-13(12)15/h1-2,4-5,9,14,16-17,23,32H,3,6-8,10-11,22H2,(H,24,28)(H,25,29)(H,30,31). The Morgan fingerprint density at radius 1 is 1.28 bits per heavy atom. The van der Waals surface area contributed by atoms with Gasteiger partial charge < -0.3 is 31.4 Å².